The van der Waals surface area contributed by atoms with Crippen molar-refractivity contribution in [3.8, 4) is 5.69 Å². The van der Waals surface area contributed by atoms with E-state index < -0.39 is 0 Å². The molecule has 3 aromatic rings. The number of carbonyl (C=O) groups excluding carboxylic acids is 2. The highest BCUT2D eigenvalue weighted by Crippen LogP contribution is 2.22. The van der Waals surface area contributed by atoms with Gasteiger partial charge in [0.2, 0.25) is 5.91 Å². The van der Waals surface area contributed by atoms with E-state index >= 15 is 0 Å². The van der Waals surface area contributed by atoms with Gasteiger partial charge in [0.1, 0.15) is 0 Å². The standard InChI is InChI=1S/C23H24N4O2/c1-16-21(17(2)27(25-16)20-7-4-3-5-8-20)15-24-23(29)18-10-12-19(13-11-18)26-14-6-9-22(26)28/h3-5,7-8,10-13H,6,9,14-15H2,1-2H3,(H,24,29). The number of hydrogen-bond donors (Lipinski definition) is 1. The van der Waals surface area contributed by atoms with Gasteiger partial charge in [0.25, 0.3) is 5.91 Å². The van der Waals surface area contributed by atoms with Crippen molar-refractivity contribution in [3.63, 3.8) is 0 Å². The number of rotatable bonds is 5. The molecule has 0 radical (unpaired) electrons. The first-order chi connectivity index (χ1) is 14.0. The predicted molar refractivity (Wildman–Crippen MR) is 112 cm³/mol. The van der Waals surface area contributed by atoms with Crippen LogP contribution in [0.5, 0.6) is 0 Å². The number of nitrogens with zero attached hydrogens (tertiary/aromatic N) is 3. The van der Waals surface area contributed by atoms with Gasteiger partial charge in [-0.25, -0.2) is 4.68 Å². The molecular formula is C23H24N4O2. The van der Waals surface area contributed by atoms with E-state index in [2.05, 4.69) is 10.4 Å². The summed E-state index contributed by atoms with van der Waals surface area (Å²) in [6.45, 7) is 5.12. The highest BCUT2D eigenvalue weighted by molar-refractivity contribution is 5.97. The van der Waals surface area contributed by atoms with Crippen LogP contribution in [0.15, 0.2) is 54.6 Å². The van der Waals surface area contributed by atoms with Gasteiger partial charge in [0, 0.05) is 42.0 Å². The molecule has 1 aromatic heterocycles. The molecule has 2 aromatic carbocycles. The van der Waals surface area contributed by atoms with E-state index in [9.17, 15) is 9.59 Å². The fourth-order valence-electron chi connectivity index (χ4n) is 3.74. The molecular weight excluding hydrogens is 364 g/mol. The van der Waals surface area contributed by atoms with Gasteiger partial charge in [-0.15, -0.1) is 0 Å². The molecule has 0 atom stereocenters. The Balaban J connectivity index is 1.45. The van der Waals surface area contributed by atoms with Crippen LogP contribution in [-0.4, -0.2) is 28.1 Å². The summed E-state index contributed by atoms with van der Waals surface area (Å²) >= 11 is 0. The van der Waals surface area contributed by atoms with Crippen molar-refractivity contribution in [3.05, 3.63) is 77.1 Å². The number of nitrogens with one attached hydrogen (secondary N) is 1. The molecule has 1 saturated heterocycles. The molecule has 29 heavy (non-hydrogen) atoms. The van der Waals surface area contributed by atoms with Crippen molar-refractivity contribution in [2.24, 2.45) is 0 Å². The summed E-state index contributed by atoms with van der Waals surface area (Å²) < 4.78 is 1.90. The summed E-state index contributed by atoms with van der Waals surface area (Å²) in [5.41, 5.74) is 5.34. The van der Waals surface area contributed by atoms with Crippen LogP contribution < -0.4 is 10.2 Å². The van der Waals surface area contributed by atoms with Gasteiger partial charge in [-0.3, -0.25) is 9.59 Å². The second-order valence-corrected chi connectivity index (χ2v) is 7.28. The Morgan fingerprint density at radius 2 is 1.76 bits per heavy atom. The van der Waals surface area contributed by atoms with Gasteiger partial charge in [-0.1, -0.05) is 18.2 Å². The number of hydrogen-bond acceptors (Lipinski definition) is 3. The smallest absolute Gasteiger partial charge is 0.251 e. The Hall–Kier alpha value is -3.41. The molecule has 0 bridgehead atoms. The van der Waals surface area contributed by atoms with Crippen molar-refractivity contribution in [2.45, 2.75) is 33.2 Å². The van der Waals surface area contributed by atoms with Gasteiger partial charge in [0.15, 0.2) is 0 Å². The van der Waals surface area contributed by atoms with Crippen molar-refractivity contribution in [1.82, 2.24) is 15.1 Å². The fourth-order valence-corrected chi connectivity index (χ4v) is 3.74. The number of para-hydroxylation sites is 1. The molecule has 2 heterocycles. The largest absolute Gasteiger partial charge is 0.348 e. The number of aromatic nitrogens is 2. The minimum Gasteiger partial charge on any atom is -0.348 e. The molecule has 0 saturated carbocycles. The van der Waals surface area contributed by atoms with Crippen LogP contribution in [0.1, 0.15) is 40.2 Å². The lowest BCUT2D eigenvalue weighted by molar-refractivity contribution is -0.117. The van der Waals surface area contributed by atoms with Gasteiger partial charge in [-0.2, -0.15) is 5.10 Å². The first-order valence-corrected chi connectivity index (χ1v) is 9.84. The highest BCUT2D eigenvalue weighted by atomic mass is 16.2. The maximum absolute atomic E-state index is 12.6. The summed E-state index contributed by atoms with van der Waals surface area (Å²) in [6, 6.07) is 17.2. The van der Waals surface area contributed by atoms with Gasteiger partial charge >= 0.3 is 0 Å². The lowest BCUT2D eigenvalue weighted by atomic mass is 10.1. The third kappa shape index (κ3) is 3.78. The van der Waals surface area contributed by atoms with Gasteiger partial charge in [-0.05, 0) is 56.7 Å². The third-order valence-corrected chi connectivity index (χ3v) is 5.38. The van der Waals surface area contributed by atoms with E-state index in [-0.39, 0.29) is 11.8 Å². The minimum absolute atomic E-state index is 0.142. The molecule has 6 heteroatoms. The van der Waals surface area contributed by atoms with E-state index in [4.69, 9.17) is 0 Å². The van der Waals surface area contributed by atoms with Crippen LogP contribution in [0.4, 0.5) is 5.69 Å². The van der Waals surface area contributed by atoms with Crippen LogP contribution in [0.2, 0.25) is 0 Å². The predicted octanol–water partition coefficient (Wildman–Crippen LogP) is 3.55. The Labute approximate surface area is 170 Å². The van der Waals surface area contributed by atoms with Crippen molar-refractivity contribution >= 4 is 17.5 Å². The Bertz CT molecular complexity index is 1040. The van der Waals surface area contributed by atoms with E-state index in [0.29, 0.717) is 18.5 Å². The molecule has 6 nitrogen and oxygen atoms in total. The number of benzene rings is 2. The molecule has 0 spiro atoms. The number of anilines is 1. The molecule has 1 fully saturated rings. The molecule has 0 unspecified atom stereocenters. The van der Waals surface area contributed by atoms with E-state index in [1.807, 2.05) is 61.0 Å². The van der Waals surface area contributed by atoms with Crippen molar-refractivity contribution < 1.29 is 9.59 Å². The maximum Gasteiger partial charge on any atom is 0.251 e. The molecule has 2 amide bonds. The Kier molecular flexibility index (Phi) is 5.16. The van der Waals surface area contributed by atoms with Gasteiger partial charge < -0.3 is 10.2 Å². The monoisotopic (exact) mass is 388 g/mol. The average Bonchev–Trinajstić information content (AvgIpc) is 3.30. The third-order valence-electron chi connectivity index (χ3n) is 5.38. The van der Waals surface area contributed by atoms with E-state index in [0.717, 1.165) is 41.3 Å². The lowest BCUT2D eigenvalue weighted by Gasteiger charge is -2.15. The van der Waals surface area contributed by atoms with Crippen molar-refractivity contribution in [2.75, 3.05) is 11.4 Å². The summed E-state index contributed by atoms with van der Waals surface area (Å²) in [7, 11) is 0. The topological polar surface area (TPSA) is 67.2 Å². The molecule has 1 aliphatic heterocycles. The zero-order valence-electron chi connectivity index (χ0n) is 16.7. The first-order valence-electron chi connectivity index (χ1n) is 9.84. The zero-order chi connectivity index (χ0) is 20.4. The SMILES string of the molecule is Cc1nn(-c2ccccc2)c(C)c1CNC(=O)c1ccc(N2CCCC2=O)cc1. The highest BCUT2D eigenvalue weighted by Gasteiger charge is 2.21. The first kappa shape index (κ1) is 18.9. The minimum atomic E-state index is -0.143. The van der Waals surface area contributed by atoms with Gasteiger partial charge in [0.05, 0.1) is 11.4 Å². The Morgan fingerprint density at radius 1 is 1.03 bits per heavy atom. The van der Waals surface area contributed by atoms with Crippen LogP contribution in [0.25, 0.3) is 5.69 Å². The quantitative estimate of drug-likeness (QED) is 0.727. The molecule has 148 valence electrons. The molecule has 0 aliphatic carbocycles. The number of aryl methyl sites for hydroxylation is 1. The lowest BCUT2D eigenvalue weighted by Crippen LogP contribution is -2.25. The number of amides is 2. The van der Waals surface area contributed by atoms with Crippen LogP contribution in [0, 0.1) is 13.8 Å². The zero-order valence-corrected chi connectivity index (χ0v) is 16.7. The average molecular weight is 388 g/mol. The van der Waals surface area contributed by atoms with Crippen LogP contribution in [-0.2, 0) is 11.3 Å². The van der Waals surface area contributed by atoms with E-state index in [1.54, 1.807) is 17.0 Å². The number of carbonyl (C=O) groups is 2. The van der Waals surface area contributed by atoms with Crippen LogP contribution in [0.3, 0.4) is 0 Å². The second-order valence-electron chi connectivity index (χ2n) is 7.28. The molecule has 1 aliphatic rings. The summed E-state index contributed by atoms with van der Waals surface area (Å²) in [4.78, 5) is 26.2. The van der Waals surface area contributed by atoms with Crippen molar-refractivity contribution in [1.29, 1.82) is 0 Å². The second kappa shape index (κ2) is 7.91. The summed E-state index contributed by atoms with van der Waals surface area (Å²) in [6.07, 6.45) is 1.48. The van der Waals surface area contributed by atoms with E-state index in [1.165, 1.54) is 0 Å². The normalized spacial score (nSPS) is 13.7. The molecule has 1 N–H and O–H groups in total. The Morgan fingerprint density at radius 3 is 2.41 bits per heavy atom. The fraction of sp³-hybridized carbons (Fsp3) is 0.261. The molecule has 4 rings (SSSR count). The summed E-state index contributed by atoms with van der Waals surface area (Å²) in [5.74, 6) is -0.000797. The maximum atomic E-state index is 12.6. The van der Waals surface area contributed by atoms with Crippen LogP contribution >= 0.6 is 0 Å². The summed E-state index contributed by atoms with van der Waals surface area (Å²) in [5, 5.41) is 7.61.